The van der Waals surface area contributed by atoms with E-state index in [4.69, 9.17) is 9.88 Å². The summed E-state index contributed by atoms with van der Waals surface area (Å²) in [4.78, 5) is 14.4. The Morgan fingerprint density at radius 1 is 1.39 bits per heavy atom. The van der Waals surface area contributed by atoms with Crippen LogP contribution in [0.15, 0.2) is 29.2 Å². The Hall–Kier alpha value is -1.48. The summed E-state index contributed by atoms with van der Waals surface area (Å²) in [6.45, 7) is 6.37. The fraction of sp³-hybridized carbons (Fsp3) is 0.533. The van der Waals surface area contributed by atoms with Gasteiger partial charge in [0.25, 0.3) is 0 Å². The molecule has 1 atom stereocenters. The first-order valence-corrected chi connectivity index (χ1v) is 9.05. The van der Waals surface area contributed by atoms with Gasteiger partial charge in [-0.15, -0.1) is 0 Å². The first kappa shape index (κ1) is 17.9. The third-order valence-corrected chi connectivity index (χ3v) is 5.17. The second-order valence-corrected chi connectivity index (χ2v) is 7.50. The number of nitrogens with zero attached hydrogens (tertiary/aromatic N) is 1. The number of nitrogens with one attached hydrogen (secondary N) is 1. The number of primary sulfonamides is 1. The summed E-state index contributed by atoms with van der Waals surface area (Å²) in [6.07, 6.45) is 0.892. The summed E-state index contributed by atoms with van der Waals surface area (Å²) in [5, 5.41) is 7.82. The third kappa shape index (κ3) is 4.51. The number of rotatable bonds is 5. The van der Waals surface area contributed by atoms with Gasteiger partial charge in [0.05, 0.1) is 24.7 Å². The number of carbonyl (C=O) groups excluding carboxylic acids is 1. The van der Waals surface area contributed by atoms with Crippen LogP contribution in [0, 0.1) is 0 Å². The lowest BCUT2D eigenvalue weighted by Gasteiger charge is -2.43. The van der Waals surface area contributed by atoms with Gasteiger partial charge in [0, 0.05) is 17.8 Å². The molecule has 1 saturated heterocycles. The van der Waals surface area contributed by atoms with Crippen molar-refractivity contribution in [2.75, 3.05) is 31.6 Å². The van der Waals surface area contributed by atoms with Crippen LogP contribution < -0.4 is 10.5 Å². The molecule has 0 aromatic heterocycles. The van der Waals surface area contributed by atoms with Crippen molar-refractivity contribution in [3.8, 4) is 0 Å². The SMILES string of the molecule is CC[C@]1(C)COCCN1CC(=O)Nc1ccc(S(N)(=O)=O)cc1. The number of amides is 1. The van der Waals surface area contributed by atoms with Crippen LogP contribution in [0.4, 0.5) is 5.69 Å². The monoisotopic (exact) mass is 341 g/mol. The van der Waals surface area contributed by atoms with Crippen molar-refractivity contribution in [3.05, 3.63) is 24.3 Å². The van der Waals surface area contributed by atoms with E-state index in [-0.39, 0.29) is 22.9 Å². The van der Waals surface area contributed by atoms with E-state index in [9.17, 15) is 13.2 Å². The molecular weight excluding hydrogens is 318 g/mol. The maximum atomic E-state index is 12.2. The molecule has 0 aliphatic carbocycles. The lowest BCUT2D eigenvalue weighted by atomic mass is 9.96. The summed E-state index contributed by atoms with van der Waals surface area (Å²) >= 11 is 0. The average Bonchev–Trinajstić information content (AvgIpc) is 2.49. The second-order valence-electron chi connectivity index (χ2n) is 5.94. The highest BCUT2D eigenvalue weighted by Crippen LogP contribution is 2.23. The number of hydrogen-bond acceptors (Lipinski definition) is 5. The van der Waals surface area contributed by atoms with Crippen molar-refractivity contribution in [2.24, 2.45) is 5.14 Å². The standard InChI is InChI=1S/C15H23N3O4S/c1-3-15(2)11-22-9-8-18(15)10-14(19)17-12-4-6-13(7-5-12)23(16,20)21/h4-7H,3,8-11H2,1-2H3,(H,17,19)(H2,16,20,21)/t15-/m1/s1. The van der Waals surface area contributed by atoms with Crippen molar-refractivity contribution >= 4 is 21.6 Å². The van der Waals surface area contributed by atoms with E-state index in [1.165, 1.54) is 24.3 Å². The molecule has 0 radical (unpaired) electrons. The Kier molecular flexibility index (Phi) is 5.41. The maximum absolute atomic E-state index is 12.2. The Morgan fingerprint density at radius 2 is 2.04 bits per heavy atom. The van der Waals surface area contributed by atoms with Gasteiger partial charge in [0.1, 0.15) is 0 Å². The Balaban J connectivity index is 1.99. The number of carbonyl (C=O) groups is 1. The van der Waals surface area contributed by atoms with Crippen LogP contribution in [-0.4, -0.2) is 51.1 Å². The summed E-state index contributed by atoms with van der Waals surface area (Å²) in [6, 6.07) is 5.79. The lowest BCUT2D eigenvalue weighted by Crippen LogP contribution is -2.56. The zero-order valence-electron chi connectivity index (χ0n) is 13.4. The minimum Gasteiger partial charge on any atom is -0.378 e. The van der Waals surface area contributed by atoms with E-state index >= 15 is 0 Å². The topological polar surface area (TPSA) is 102 Å². The number of nitrogens with two attached hydrogens (primary N) is 1. The maximum Gasteiger partial charge on any atom is 0.238 e. The van der Waals surface area contributed by atoms with Crippen molar-refractivity contribution in [3.63, 3.8) is 0 Å². The van der Waals surface area contributed by atoms with Crippen LogP contribution in [0.2, 0.25) is 0 Å². The van der Waals surface area contributed by atoms with Crippen LogP contribution in [0.5, 0.6) is 0 Å². The summed E-state index contributed by atoms with van der Waals surface area (Å²) < 4.78 is 27.9. The van der Waals surface area contributed by atoms with E-state index in [0.717, 1.165) is 6.42 Å². The molecule has 1 heterocycles. The van der Waals surface area contributed by atoms with E-state index in [0.29, 0.717) is 25.4 Å². The molecule has 1 fully saturated rings. The average molecular weight is 341 g/mol. The second kappa shape index (κ2) is 6.96. The summed E-state index contributed by atoms with van der Waals surface area (Å²) in [7, 11) is -3.72. The molecule has 1 aliphatic rings. The van der Waals surface area contributed by atoms with Gasteiger partial charge in [-0.1, -0.05) is 6.92 Å². The quantitative estimate of drug-likeness (QED) is 0.824. The van der Waals surface area contributed by atoms with Crippen molar-refractivity contribution in [2.45, 2.75) is 30.7 Å². The number of ether oxygens (including phenoxy) is 1. The first-order valence-electron chi connectivity index (χ1n) is 7.50. The fourth-order valence-electron chi connectivity index (χ4n) is 2.53. The van der Waals surface area contributed by atoms with E-state index < -0.39 is 10.0 Å². The molecule has 1 aromatic rings. The molecule has 128 valence electrons. The molecule has 7 nitrogen and oxygen atoms in total. The van der Waals surface area contributed by atoms with Gasteiger partial charge >= 0.3 is 0 Å². The van der Waals surface area contributed by atoms with Crippen molar-refractivity contribution < 1.29 is 17.9 Å². The zero-order chi connectivity index (χ0) is 17.1. The van der Waals surface area contributed by atoms with Crippen LogP contribution >= 0.6 is 0 Å². The van der Waals surface area contributed by atoms with Gasteiger partial charge < -0.3 is 10.1 Å². The Labute approximate surface area is 136 Å². The summed E-state index contributed by atoms with van der Waals surface area (Å²) in [5.74, 6) is -0.144. The molecular formula is C15H23N3O4S. The third-order valence-electron chi connectivity index (χ3n) is 4.24. The summed E-state index contributed by atoms with van der Waals surface area (Å²) in [5.41, 5.74) is 0.390. The number of hydrogen-bond donors (Lipinski definition) is 2. The van der Waals surface area contributed by atoms with Gasteiger partial charge in [-0.25, -0.2) is 13.6 Å². The van der Waals surface area contributed by atoms with Gasteiger partial charge in [0.15, 0.2) is 0 Å². The van der Waals surface area contributed by atoms with Crippen LogP contribution in [0.25, 0.3) is 0 Å². The Bertz CT molecular complexity index is 660. The number of anilines is 1. The molecule has 1 amide bonds. The largest absolute Gasteiger partial charge is 0.378 e. The van der Waals surface area contributed by atoms with Crippen LogP contribution in [-0.2, 0) is 19.6 Å². The minimum atomic E-state index is -3.72. The van der Waals surface area contributed by atoms with Gasteiger partial charge in [-0.05, 0) is 37.6 Å². The molecule has 1 aromatic carbocycles. The smallest absolute Gasteiger partial charge is 0.238 e. The Morgan fingerprint density at radius 3 is 2.61 bits per heavy atom. The zero-order valence-corrected chi connectivity index (χ0v) is 14.2. The van der Waals surface area contributed by atoms with Gasteiger partial charge in [0.2, 0.25) is 15.9 Å². The molecule has 23 heavy (non-hydrogen) atoms. The lowest BCUT2D eigenvalue weighted by molar-refractivity contribution is -0.123. The van der Waals surface area contributed by atoms with Crippen molar-refractivity contribution in [1.29, 1.82) is 0 Å². The van der Waals surface area contributed by atoms with E-state index in [1.54, 1.807) is 0 Å². The fourth-order valence-corrected chi connectivity index (χ4v) is 3.04. The predicted molar refractivity (Wildman–Crippen MR) is 87.5 cm³/mol. The highest BCUT2D eigenvalue weighted by molar-refractivity contribution is 7.89. The van der Waals surface area contributed by atoms with Gasteiger partial charge in [-0.3, -0.25) is 9.69 Å². The molecule has 1 aliphatic heterocycles. The molecule has 0 saturated carbocycles. The van der Waals surface area contributed by atoms with E-state index in [1.807, 2.05) is 0 Å². The van der Waals surface area contributed by atoms with Gasteiger partial charge in [-0.2, -0.15) is 0 Å². The number of sulfonamides is 1. The first-order chi connectivity index (χ1) is 10.7. The molecule has 0 unspecified atom stereocenters. The van der Waals surface area contributed by atoms with Crippen molar-refractivity contribution in [1.82, 2.24) is 4.90 Å². The molecule has 8 heteroatoms. The highest BCUT2D eigenvalue weighted by Gasteiger charge is 2.34. The predicted octanol–water partition coefficient (Wildman–Crippen LogP) is 0.773. The van der Waals surface area contributed by atoms with Crippen LogP contribution in [0.1, 0.15) is 20.3 Å². The normalized spacial score (nSPS) is 22.7. The number of morpholine rings is 1. The number of benzene rings is 1. The highest BCUT2D eigenvalue weighted by atomic mass is 32.2. The molecule has 2 rings (SSSR count). The molecule has 0 spiro atoms. The van der Waals surface area contributed by atoms with E-state index in [2.05, 4.69) is 24.1 Å². The van der Waals surface area contributed by atoms with Crippen LogP contribution in [0.3, 0.4) is 0 Å². The molecule has 0 bridgehead atoms. The molecule has 3 N–H and O–H groups in total. The minimum absolute atomic E-state index is 0.0160.